The molecule has 21 heteroatoms. The third-order valence-corrected chi connectivity index (χ3v) is 12.1. The molecule has 3 heterocycles. The molecule has 0 saturated heterocycles. The van der Waals surface area contributed by atoms with E-state index in [2.05, 4.69) is 0 Å². The Bertz CT molecular complexity index is 2940. The standard InChI is InChI=1S/C45H38O21/c46-15-7-18(48)30-29(8-15)64-42(13-3-24(54)37(60)25(55)4-13)39(62)34(30)32-20(50)11-21(51)33-35(40(63)43(66-45(32)33)14-5-26(56)38(61)27(57)6-14)31-19(49)10-17(47)16-9-28(58)41(65-44(16)31)12-1-22(52)36(59)23(53)2-12/h1-8,10-11,28,34-35,39-43,46-63H,9H2/t28-,34-,35+,39-,40+,41-,42-,43-/m0/s1. The lowest BCUT2D eigenvalue weighted by Gasteiger charge is -2.43. The fourth-order valence-electron chi connectivity index (χ4n) is 9.16. The largest absolute Gasteiger partial charge is 0.508 e. The van der Waals surface area contributed by atoms with Gasteiger partial charge in [0.05, 0.1) is 17.9 Å². The van der Waals surface area contributed by atoms with Gasteiger partial charge in [-0.15, -0.1) is 0 Å². The molecule has 0 aromatic heterocycles. The highest BCUT2D eigenvalue weighted by molar-refractivity contribution is 5.71. The molecule has 0 aliphatic carbocycles. The molecule has 0 amide bonds. The van der Waals surface area contributed by atoms with Crippen molar-refractivity contribution in [3.05, 3.63) is 105 Å². The summed E-state index contributed by atoms with van der Waals surface area (Å²) in [5.41, 5.74) is -2.62. The van der Waals surface area contributed by atoms with Crippen molar-refractivity contribution >= 4 is 0 Å². The molecule has 9 rings (SSSR count). The molecule has 3 aliphatic rings. The predicted octanol–water partition coefficient (Wildman–Crippen LogP) is 3.56. The lowest BCUT2D eigenvalue weighted by molar-refractivity contribution is -0.00571. The van der Waals surface area contributed by atoms with E-state index in [9.17, 15) is 91.9 Å². The normalized spacial score (nSPS) is 23.1. The molecule has 0 fully saturated rings. The summed E-state index contributed by atoms with van der Waals surface area (Å²) in [4.78, 5) is 0. The Hall–Kier alpha value is -8.40. The van der Waals surface area contributed by atoms with Crippen molar-refractivity contribution < 1.29 is 106 Å². The Kier molecular flexibility index (Phi) is 9.82. The molecule has 3 aliphatic heterocycles. The van der Waals surface area contributed by atoms with Crippen LogP contribution in [0.3, 0.4) is 0 Å². The second-order valence-corrected chi connectivity index (χ2v) is 16.1. The molecule has 66 heavy (non-hydrogen) atoms. The number of fused-ring (bicyclic) bond motifs is 3. The summed E-state index contributed by atoms with van der Waals surface area (Å²) < 4.78 is 18.6. The fourth-order valence-corrected chi connectivity index (χ4v) is 9.16. The first kappa shape index (κ1) is 42.9. The number of aromatic hydroxyl groups is 15. The van der Waals surface area contributed by atoms with Gasteiger partial charge in [0.25, 0.3) is 0 Å². The van der Waals surface area contributed by atoms with E-state index in [0.29, 0.717) is 0 Å². The van der Waals surface area contributed by atoms with Crippen LogP contribution in [0.2, 0.25) is 0 Å². The van der Waals surface area contributed by atoms with Crippen molar-refractivity contribution in [1.82, 2.24) is 0 Å². The van der Waals surface area contributed by atoms with Crippen LogP contribution in [-0.2, 0) is 6.42 Å². The summed E-state index contributed by atoms with van der Waals surface area (Å²) in [6.45, 7) is 0. The molecule has 18 N–H and O–H groups in total. The van der Waals surface area contributed by atoms with Gasteiger partial charge in [-0.05, 0) is 36.4 Å². The van der Waals surface area contributed by atoms with Crippen LogP contribution in [0.5, 0.6) is 103 Å². The molecule has 0 spiro atoms. The molecular weight excluding hydrogens is 876 g/mol. The Balaban J connectivity index is 1.32. The van der Waals surface area contributed by atoms with E-state index in [1.54, 1.807) is 0 Å². The SMILES string of the molecule is Oc1cc(O)c2c(c1)O[C@@H](c1cc(O)c(O)c(O)c1)[C@@H](O)[C@@H]2c1c(O)cc(O)c2c1O[C@@H](c1cc(O)c(O)c(O)c1)[C@H](O)[C@@H]2c1c(O)cc(O)c2c1O[C@@H](c1cc(O)c(O)c(O)c1)[C@@H](O)C2. The zero-order chi connectivity index (χ0) is 47.5. The topological polar surface area (TPSA) is 392 Å². The summed E-state index contributed by atoms with van der Waals surface area (Å²) in [5.74, 6) is -17.6. The first-order valence-electron chi connectivity index (χ1n) is 19.7. The molecule has 6 aromatic rings. The molecule has 0 unspecified atom stereocenters. The van der Waals surface area contributed by atoms with Crippen molar-refractivity contribution in [1.29, 1.82) is 0 Å². The van der Waals surface area contributed by atoms with Gasteiger partial charge in [0.2, 0.25) is 0 Å². The van der Waals surface area contributed by atoms with E-state index in [0.717, 1.165) is 60.7 Å². The fraction of sp³-hybridized carbons (Fsp3) is 0.200. The van der Waals surface area contributed by atoms with Crippen molar-refractivity contribution in [2.75, 3.05) is 0 Å². The summed E-state index contributed by atoms with van der Waals surface area (Å²) in [5, 5.41) is 198. The maximum atomic E-state index is 12.5. The number of hydrogen-bond acceptors (Lipinski definition) is 21. The number of benzene rings is 6. The van der Waals surface area contributed by atoms with Gasteiger partial charge in [0, 0.05) is 75.2 Å². The second kappa shape index (κ2) is 15.1. The van der Waals surface area contributed by atoms with Crippen molar-refractivity contribution in [2.45, 2.75) is 54.9 Å². The smallest absolute Gasteiger partial charge is 0.200 e. The number of phenols is 15. The van der Waals surface area contributed by atoms with Crippen LogP contribution in [0.4, 0.5) is 0 Å². The minimum absolute atomic E-state index is 0.131. The zero-order valence-corrected chi connectivity index (χ0v) is 33.4. The first-order valence-corrected chi connectivity index (χ1v) is 19.7. The van der Waals surface area contributed by atoms with Gasteiger partial charge in [-0.2, -0.15) is 0 Å². The average Bonchev–Trinajstić information content (AvgIpc) is 3.24. The second-order valence-electron chi connectivity index (χ2n) is 16.1. The van der Waals surface area contributed by atoms with Crippen LogP contribution in [0.15, 0.2) is 60.7 Å². The Morgan fingerprint density at radius 2 is 0.712 bits per heavy atom. The minimum Gasteiger partial charge on any atom is -0.508 e. The van der Waals surface area contributed by atoms with E-state index >= 15 is 0 Å². The van der Waals surface area contributed by atoms with Crippen LogP contribution in [0.1, 0.15) is 74.7 Å². The highest BCUT2D eigenvalue weighted by Crippen LogP contribution is 2.62. The average molecular weight is 915 g/mol. The van der Waals surface area contributed by atoms with E-state index < -0.39 is 169 Å². The number of aliphatic hydroxyl groups is 3. The van der Waals surface area contributed by atoms with E-state index in [1.165, 1.54) is 0 Å². The number of hydrogen-bond donors (Lipinski definition) is 18. The van der Waals surface area contributed by atoms with Crippen molar-refractivity contribution in [3.63, 3.8) is 0 Å². The van der Waals surface area contributed by atoms with Crippen LogP contribution in [0, 0.1) is 0 Å². The monoisotopic (exact) mass is 914 g/mol. The summed E-state index contributed by atoms with van der Waals surface area (Å²) in [7, 11) is 0. The predicted molar refractivity (Wildman–Crippen MR) is 219 cm³/mol. The van der Waals surface area contributed by atoms with Gasteiger partial charge in [0.1, 0.15) is 64.0 Å². The first-order chi connectivity index (χ1) is 31.2. The third kappa shape index (κ3) is 6.51. The van der Waals surface area contributed by atoms with Gasteiger partial charge in [-0.25, -0.2) is 0 Å². The highest BCUT2D eigenvalue weighted by Gasteiger charge is 2.51. The van der Waals surface area contributed by atoms with Gasteiger partial charge in [0.15, 0.2) is 70.1 Å². The van der Waals surface area contributed by atoms with Crippen LogP contribution in [-0.4, -0.2) is 110 Å². The van der Waals surface area contributed by atoms with E-state index in [-0.39, 0.29) is 33.6 Å². The number of aliphatic hydroxyl groups excluding tert-OH is 3. The summed E-state index contributed by atoms with van der Waals surface area (Å²) in [6.07, 6.45) is -11.3. The molecule has 0 radical (unpaired) electrons. The maximum absolute atomic E-state index is 12.5. The Morgan fingerprint density at radius 3 is 1.18 bits per heavy atom. The van der Waals surface area contributed by atoms with Crippen LogP contribution >= 0.6 is 0 Å². The van der Waals surface area contributed by atoms with Gasteiger partial charge < -0.3 is 106 Å². The van der Waals surface area contributed by atoms with Gasteiger partial charge >= 0.3 is 0 Å². The minimum atomic E-state index is -2.09. The van der Waals surface area contributed by atoms with Gasteiger partial charge in [-0.3, -0.25) is 0 Å². The Labute approximate surface area is 369 Å². The summed E-state index contributed by atoms with van der Waals surface area (Å²) >= 11 is 0. The van der Waals surface area contributed by atoms with Gasteiger partial charge in [-0.1, -0.05) is 0 Å². The third-order valence-electron chi connectivity index (χ3n) is 12.1. The highest BCUT2D eigenvalue weighted by atomic mass is 16.5. The molecule has 6 aromatic carbocycles. The Morgan fingerprint density at radius 1 is 0.348 bits per heavy atom. The molecular formula is C45H38O21. The summed E-state index contributed by atoms with van der Waals surface area (Å²) in [6, 6.07) is 8.95. The van der Waals surface area contributed by atoms with Crippen molar-refractivity contribution in [3.8, 4) is 103 Å². The molecule has 0 bridgehead atoms. The van der Waals surface area contributed by atoms with E-state index in [1.807, 2.05) is 0 Å². The zero-order valence-electron chi connectivity index (χ0n) is 33.4. The van der Waals surface area contributed by atoms with E-state index in [4.69, 9.17) is 14.2 Å². The molecule has 21 nitrogen and oxygen atoms in total. The number of phenolic OH excluding ortho intramolecular Hbond substituents is 15. The van der Waals surface area contributed by atoms with Crippen molar-refractivity contribution in [2.24, 2.45) is 0 Å². The molecule has 8 atom stereocenters. The quantitative estimate of drug-likeness (QED) is 0.110. The number of ether oxygens (including phenoxy) is 3. The maximum Gasteiger partial charge on any atom is 0.200 e. The molecule has 0 saturated carbocycles. The number of rotatable bonds is 5. The lowest BCUT2D eigenvalue weighted by atomic mass is 9.73. The van der Waals surface area contributed by atoms with Crippen LogP contribution in [0.25, 0.3) is 0 Å². The molecule has 344 valence electrons. The van der Waals surface area contributed by atoms with Crippen LogP contribution < -0.4 is 14.2 Å². The lowest BCUT2D eigenvalue weighted by Crippen LogP contribution is -2.39.